The Hall–Kier alpha value is -1.73. The van der Waals surface area contributed by atoms with Crippen molar-refractivity contribution >= 4 is 17.6 Å². The van der Waals surface area contributed by atoms with Gasteiger partial charge in [0, 0.05) is 11.4 Å². The highest BCUT2D eigenvalue weighted by Gasteiger charge is 2.19. The van der Waals surface area contributed by atoms with E-state index in [9.17, 15) is 4.79 Å². The van der Waals surface area contributed by atoms with Gasteiger partial charge in [0.05, 0.1) is 13.2 Å². The lowest BCUT2D eigenvalue weighted by atomic mass is 10.00. The van der Waals surface area contributed by atoms with E-state index in [1.165, 1.54) is 7.11 Å². The minimum Gasteiger partial charge on any atom is -0.496 e. The summed E-state index contributed by atoms with van der Waals surface area (Å²) in [6.45, 7) is 0. The quantitative estimate of drug-likeness (QED) is 0.874. The lowest BCUT2D eigenvalue weighted by Gasteiger charge is -2.09. The maximum absolute atomic E-state index is 10.7. The number of aliphatic carboxylic acids is 1. The molecular formula is C11H10ClNO3. The number of hydrogen-bond donors (Lipinski definition) is 1. The van der Waals surface area contributed by atoms with Crippen LogP contribution in [0, 0.1) is 17.2 Å². The van der Waals surface area contributed by atoms with Crippen LogP contribution in [0.2, 0.25) is 5.02 Å². The van der Waals surface area contributed by atoms with Crippen LogP contribution in [-0.4, -0.2) is 18.2 Å². The minimum absolute atomic E-state index is 0.0789. The maximum atomic E-state index is 10.7. The minimum atomic E-state index is -1.15. The molecular weight excluding hydrogens is 230 g/mol. The number of hydrogen-bond acceptors (Lipinski definition) is 3. The van der Waals surface area contributed by atoms with Crippen LogP contribution < -0.4 is 4.74 Å². The van der Waals surface area contributed by atoms with Gasteiger partial charge in [-0.3, -0.25) is 4.79 Å². The average molecular weight is 240 g/mol. The Morgan fingerprint density at radius 1 is 1.69 bits per heavy atom. The topological polar surface area (TPSA) is 70.3 Å². The molecule has 1 unspecified atom stereocenters. The molecule has 0 fully saturated rings. The summed E-state index contributed by atoms with van der Waals surface area (Å²) in [4.78, 5) is 10.7. The van der Waals surface area contributed by atoms with Crippen LogP contribution in [-0.2, 0) is 11.2 Å². The molecule has 1 aromatic carbocycles. The molecule has 0 heterocycles. The first-order valence-electron chi connectivity index (χ1n) is 4.53. The lowest BCUT2D eigenvalue weighted by Crippen LogP contribution is -2.14. The molecule has 4 nitrogen and oxygen atoms in total. The van der Waals surface area contributed by atoms with Crippen LogP contribution in [0.15, 0.2) is 18.2 Å². The SMILES string of the molecule is COc1ccc(Cl)cc1CC(C#N)C(=O)O. The molecule has 0 aliphatic rings. The van der Waals surface area contributed by atoms with Crippen LogP contribution in [0.25, 0.3) is 0 Å². The third-order valence-corrected chi connectivity index (χ3v) is 2.36. The molecule has 0 aliphatic heterocycles. The van der Waals surface area contributed by atoms with Crippen molar-refractivity contribution in [3.8, 4) is 11.8 Å². The van der Waals surface area contributed by atoms with E-state index < -0.39 is 11.9 Å². The molecule has 16 heavy (non-hydrogen) atoms. The number of carbonyl (C=O) groups is 1. The van der Waals surface area contributed by atoms with Gasteiger partial charge in [-0.2, -0.15) is 5.26 Å². The first-order valence-corrected chi connectivity index (χ1v) is 4.91. The predicted octanol–water partition coefficient (Wildman–Crippen LogP) is 2.12. The van der Waals surface area contributed by atoms with E-state index in [0.29, 0.717) is 16.3 Å². The summed E-state index contributed by atoms with van der Waals surface area (Å²) in [5.74, 6) is -1.71. The van der Waals surface area contributed by atoms with Gasteiger partial charge in [0.1, 0.15) is 11.7 Å². The van der Waals surface area contributed by atoms with Crippen molar-refractivity contribution in [3.63, 3.8) is 0 Å². The van der Waals surface area contributed by atoms with Crippen molar-refractivity contribution in [2.24, 2.45) is 5.92 Å². The zero-order valence-corrected chi connectivity index (χ0v) is 9.36. The first-order chi connectivity index (χ1) is 7.58. The van der Waals surface area contributed by atoms with Gasteiger partial charge in [0.15, 0.2) is 0 Å². The van der Waals surface area contributed by atoms with E-state index in [1.807, 2.05) is 0 Å². The average Bonchev–Trinajstić information content (AvgIpc) is 2.25. The van der Waals surface area contributed by atoms with Crippen LogP contribution in [0.4, 0.5) is 0 Å². The van der Waals surface area contributed by atoms with Crippen LogP contribution in [0.3, 0.4) is 0 Å². The molecule has 1 rings (SSSR count). The lowest BCUT2D eigenvalue weighted by molar-refractivity contribution is -0.139. The van der Waals surface area contributed by atoms with Crippen molar-refractivity contribution in [3.05, 3.63) is 28.8 Å². The van der Waals surface area contributed by atoms with Gasteiger partial charge in [-0.25, -0.2) is 0 Å². The fraction of sp³-hybridized carbons (Fsp3) is 0.273. The maximum Gasteiger partial charge on any atom is 0.321 e. The number of nitrogens with zero attached hydrogens (tertiary/aromatic N) is 1. The highest BCUT2D eigenvalue weighted by molar-refractivity contribution is 6.30. The number of ether oxygens (including phenoxy) is 1. The molecule has 5 heteroatoms. The second kappa shape index (κ2) is 5.38. The van der Waals surface area contributed by atoms with Crippen molar-refractivity contribution in [1.29, 1.82) is 5.26 Å². The molecule has 0 aliphatic carbocycles. The van der Waals surface area contributed by atoms with Gasteiger partial charge in [-0.05, 0) is 23.8 Å². The van der Waals surface area contributed by atoms with Gasteiger partial charge in [-0.1, -0.05) is 11.6 Å². The summed E-state index contributed by atoms with van der Waals surface area (Å²) in [5, 5.41) is 17.9. The molecule has 0 saturated heterocycles. The normalized spacial score (nSPS) is 11.6. The van der Waals surface area contributed by atoms with Gasteiger partial charge in [0.2, 0.25) is 0 Å². The second-order valence-electron chi connectivity index (χ2n) is 3.18. The molecule has 1 atom stereocenters. The Morgan fingerprint density at radius 2 is 2.38 bits per heavy atom. The zero-order valence-electron chi connectivity index (χ0n) is 8.61. The number of rotatable bonds is 4. The van der Waals surface area contributed by atoms with Crippen molar-refractivity contribution in [2.45, 2.75) is 6.42 Å². The fourth-order valence-corrected chi connectivity index (χ4v) is 1.51. The molecule has 1 N–H and O–H groups in total. The molecule has 84 valence electrons. The third-order valence-electron chi connectivity index (χ3n) is 2.12. The van der Waals surface area contributed by atoms with Crippen LogP contribution >= 0.6 is 11.6 Å². The van der Waals surface area contributed by atoms with Crippen molar-refractivity contribution in [1.82, 2.24) is 0 Å². The van der Waals surface area contributed by atoms with Gasteiger partial charge in [-0.15, -0.1) is 0 Å². The van der Waals surface area contributed by atoms with E-state index in [1.54, 1.807) is 24.3 Å². The summed E-state index contributed by atoms with van der Waals surface area (Å²) in [5.41, 5.74) is 0.615. The van der Waals surface area contributed by atoms with E-state index >= 15 is 0 Å². The number of carboxylic acid groups (broad SMARTS) is 1. The summed E-state index contributed by atoms with van der Waals surface area (Å²) in [6.07, 6.45) is 0.0789. The fourth-order valence-electron chi connectivity index (χ4n) is 1.31. The van der Waals surface area contributed by atoms with E-state index in [4.69, 9.17) is 26.7 Å². The first kappa shape index (κ1) is 12.3. The molecule has 0 amide bonds. The molecule has 0 aromatic heterocycles. The number of nitriles is 1. The number of carboxylic acids is 1. The van der Waals surface area contributed by atoms with Gasteiger partial charge < -0.3 is 9.84 Å². The van der Waals surface area contributed by atoms with Crippen LogP contribution in [0.1, 0.15) is 5.56 Å². The molecule has 0 spiro atoms. The summed E-state index contributed by atoms with van der Waals surface area (Å²) < 4.78 is 5.06. The third kappa shape index (κ3) is 2.88. The van der Waals surface area contributed by atoms with E-state index in [0.717, 1.165) is 0 Å². The Kier molecular flexibility index (Phi) is 4.15. The number of halogens is 1. The largest absolute Gasteiger partial charge is 0.496 e. The second-order valence-corrected chi connectivity index (χ2v) is 3.62. The summed E-state index contributed by atoms with van der Waals surface area (Å²) in [6, 6.07) is 6.62. The van der Waals surface area contributed by atoms with Crippen molar-refractivity contribution < 1.29 is 14.6 Å². The highest BCUT2D eigenvalue weighted by atomic mass is 35.5. The molecule has 1 aromatic rings. The van der Waals surface area contributed by atoms with E-state index in [2.05, 4.69) is 0 Å². The standard InChI is InChI=1S/C11H10ClNO3/c1-16-10-3-2-9(12)5-7(10)4-8(6-13)11(14)15/h2-3,5,8H,4H2,1H3,(H,14,15). The molecule has 0 saturated carbocycles. The van der Waals surface area contributed by atoms with E-state index in [-0.39, 0.29) is 6.42 Å². The van der Waals surface area contributed by atoms with Gasteiger partial charge in [0.25, 0.3) is 0 Å². The highest BCUT2D eigenvalue weighted by Crippen LogP contribution is 2.25. The Bertz CT molecular complexity index is 439. The zero-order chi connectivity index (χ0) is 12.1. The Balaban J connectivity index is 2.99. The number of methoxy groups -OCH3 is 1. The van der Waals surface area contributed by atoms with Crippen LogP contribution in [0.5, 0.6) is 5.75 Å². The smallest absolute Gasteiger partial charge is 0.321 e. The summed E-state index contributed by atoms with van der Waals surface area (Å²) in [7, 11) is 1.48. The summed E-state index contributed by atoms with van der Waals surface area (Å²) >= 11 is 5.79. The molecule has 0 bridgehead atoms. The van der Waals surface area contributed by atoms with Crippen molar-refractivity contribution in [2.75, 3.05) is 7.11 Å². The van der Waals surface area contributed by atoms with Gasteiger partial charge >= 0.3 is 5.97 Å². The number of benzene rings is 1. The Morgan fingerprint density at radius 3 is 2.88 bits per heavy atom. The predicted molar refractivity (Wildman–Crippen MR) is 58.4 cm³/mol. The molecule has 0 radical (unpaired) electrons. The Labute approximate surface area is 98.0 Å². The monoisotopic (exact) mass is 239 g/mol.